The van der Waals surface area contributed by atoms with E-state index in [2.05, 4.69) is 6.92 Å². The SMILES string of the molecule is CCCC(C)C(=O)c1coc2ccccc12. The van der Waals surface area contributed by atoms with Crippen LogP contribution in [-0.2, 0) is 0 Å². The molecule has 1 aromatic heterocycles. The summed E-state index contributed by atoms with van der Waals surface area (Å²) in [6.07, 6.45) is 3.54. The van der Waals surface area contributed by atoms with Crippen molar-refractivity contribution in [2.75, 3.05) is 0 Å². The van der Waals surface area contributed by atoms with Crippen LogP contribution in [0.5, 0.6) is 0 Å². The van der Waals surface area contributed by atoms with Crippen LogP contribution in [0.1, 0.15) is 37.0 Å². The second-order valence-corrected chi connectivity index (χ2v) is 4.20. The van der Waals surface area contributed by atoms with Crippen molar-refractivity contribution < 1.29 is 9.21 Å². The smallest absolute Gasteiger partial charge is 0.169 e. The molecule has 0 aliphatic rings. The normalized spacial score (nSPS) is 12.9. The van der Waals surface area contributed by atoms with E-state index in [1.807, 2.05) is 31.2 Å². The van der Waals surface area contributed by atoms with E-state index in [-0.39, 0.29) is 11.7 Å². The Bertz CT molecular complexity index is 496. The molecule has 0 bridgehead atoms. The minimum absolute atomic E-state index is 0.0750. The molecule has 1 aromatic carbocycles. The zero-order valence-electron chi connectivity index (χ0n) is 9.69. The number of hydrogen-bond donors (Lipinski definition) is 0. The number of para-hydroxylation sites is 1. The van der Waals surface area contributed by atoms with E-state index < -0.39 is 0 Å². The second kappa shape index (κ2) is 4.52. The number of furan rings is 1. The van der Waals surface area contributed by atoms with Gasteiger partial charge in [0.2, 0.25) is 0 Å². The van der Waals surface area contributed by atoms with Crippen LogP contribution in [0.2, 0.25) is 0 Å². The molecule has 84 valence electrons. The highest BCUT2D eigenvalue weighted by molar-refractivity contribution is 6.07. The van der Waals surface area contributed by atoms with Crippen molar-refractivity contribution in [2.45, 2.75) is 26.7 Å². The van der Waals surface area contributed by atoms with Crippen LogP contribution in [0.3, 0.4) is 0 Å². The molecule has 2 aromatic rings. The van der Waals surface area contributed by atoms with Gasteiger partial charge < -0.3 is 4.42 Å². The predicted octanol–water partition coefficient (Wildman–Crippen LogP) is 4.05. The van der Waals surface area contributed by atoms with Crippen molar-refractivity contribution in [2.24, 2.45) is 5.92 Å². The maximum atomic E-state index is 12.1. The molecule has 2 heteroatoms. The summed E-state index contributed by atoms with van der Waals surface area (Å²) in [4.78, 5) is 12.1. The lowest BCUT2D eigenvalue weighted by atomic mass is 9.95. The molecule has 1 atom stereocenters. The molecule has 1 heterocycles. The Labute approximate surface area is 95.3 Å². The van der Waals surface area contributed by atoms with Crippen molar-refractivity contribution >= 4 is 16.8 Å². The van der Waals surface area contributed by atoms with E-state index in [4.69, 9.17) is 4.42 Å². The van der Waals surface area contributed by atoms with Gasteiger partial charge in [0, 0.05) is 11.3 Å². The van der Waals surface area contributed by atoms with Gasteiger partial charge >= 0.3 is 0 Å². The van der Waals surface area contributed by atoms with Gasteiger partial charge in [0.1, 0.15) is 11.8 Å². The van der Waals surface area contributed by atoms with Gasteiger partial charge in [-0.25, -0.2) is 0 Å². The van der Waals surface area contributed by atoms with Gasteiger partial charge in [0.15, 0.2) is 5.78 Å². The highest BCUT2D eigenvalue weighted by Crippen LogP contribution is 2.24. The standard InChI is InChI=1S/C14H16O2/c1-3-6-10(2)14(15)12-9-16-13-8-5-4-7-11(12)13/h4-5,7-10H,3,6H2,1-2H3. The Morgan fingerprint density at radius 3 is 2.88 bits per heavy atom. The van der Waals surface area contributed by atoms with Crippen LogP contribution < -0.4 is 0 Å². The van der Waals surface area contributed by atoms with Crippen molar-refractivity contribution in [3.8, 4) is 0 Å². The Morgan fingerprint density at radius 1 is 1.38 bits per heavy atom. The molecule has 0 saturated carbocycles. The third-order valence-corrected chi connectivity index (χ3v) is 2.92. The van der Waals surface area contributed by atoms with Crippen LogP contribution in [0.25, 0.3) is 11.0 Å². The van der Waals surface area contributed by atoms with Gasteiger partial charge in [-0.3, -0.25) is 4.79 Å². The Balaban J connectivity index is 2.36. The quantitative estimate of drug-likeness (QED) is 0.722. The van der Waals surface area contributed by atoms with E-state index in [1.54, 1.807) is 6.26 Å². The van der Waals surface area contributed by atoms with Gasteiger partial charge in [-0.15, -0.1) is 0 Å². The largest absolute Gasteiger partial charge is 0.464 e. The Morgan fingerprint density at radius 2 is 2.12 bits per heavy atom. The molecule has 0 saturated heterocycles. The molecule has 0 spiro atoms. The van der Waals surface area contributed by atoms with Crippen LogP contribution >= 0.6 is 0 Å². The molecule has 0 aliphatic carbocycles. The topological polar surface area (TPSA) is 30.2 Å². The summed E-state index contributed by atoms with van der Waals surface area (Å²) in [6.45, 7) is 4.07. The van der Waals surface area contributed by atoms with E-state index in [0.29, 0.717) is 0 Å². The minimum atomic E-state index is 0.0750. The highest BCUT2D eigenvalue weighted by atomic mass is 16.3. The maximum absolute atomic E-state index is 12.1. The van der Waals surface area contributed by atoms with Gasteiger partial charge in [-0.05, 0) is 12.5 Å². The Kier molecular flexibility index (Phi) is 3.09. The maximum Gasteiger partial charge on any atom is 0.169 e. The summed E-state index contributed by atoms with van der Waals surface area (Å²) in [7, 11) is 0. The first kappa shape index (κ1) is 10.9. The van der Waals surface area contributed by atoms with Crippen LogP contribution in [0.4, 0.5) is 0 Å². The third-order valence-electron chi connectivity index (χ3n) is 2.92. The van der Waals surface area contributed by atoms with Crippen molar-refractivity contribution in [1.82, 2.24) is 0 Å². The van der Waals surface area contributed by atoms with E-state index in [1.165, 1.54) is 0 Å². The average Bonchev–Trinajstić information content (AvgIpc) is 2.72. The fourth-order valence-corrected chi connectivity index (χ4v) is 2.00. The number of rotatable bonds is 4. The zero-order chi connectivity index (χ0) is 11.5. The second-order valence-electron chi connectivity index (χ2n) is 4.20. The third kappa shape index (κ3) is 1.87. The molecule has 1 unspecified atom stereocenters. The Hall–Kier alpha value is -1.57. The molecule has 0 aliphatic heterocycles. The van der Waals surface area contributed by atoms with Crippen LogP contribution in [0, 0.1) is 5.92 Å². The summed E-state index contributed by atoms with van der Waals surface area (Å²) in [5.74, 6) is 0.262. The van der Waals surface area contributed by atoms with Crippen LogP contribution in [0.15, 0.2) is 34.9 Å². The first-order chi connectivity index (χ1) is 7.74. The first-order valence-corrected chi connectivity index (χ1v) is 5.74. The summed E-state index contributed by atoms with van der Waals surface area (Å²) in [6, 6.07) is 7.66. The number of carbonyl (C=O) groups is 1. The molecular formula is C14H16O2. The fraction of sp³-hybridized carbons (Fsp3) is 0.357. The zero-order valence-corrected chi connectivity index (χ0v) is 9.69. The summed E-state index contributed by atoms with van der Waals surface area (Å²) in [5.41, 5.74) is 1.51. The van der Waals surface area contributed by atoms with Crippen molar-refractivity contribution in [3.63, 3.8) is 0 Å². The minimum Gasteiger partial charge on any atom is -0.464 e. The summed E-state index contributed by atoms with van der Waals surface area (Å²) >= 11 is 0. The van der Waals surface area contributed by atoms with E-state index in [9.17, 15) is 4.79 Å². The lowest BCUT2D eigenvalue weighted by Crippen LogP contribution is -2.10. The van der Waals surface area contributed by atoms with E-state index in [0.717, 1.165) is 29.4 Å². The van der Waals surface area contributed by atoms with Gasteiger partial charge in [0.05, 0.1) is 5.56 Å². The molecule has 0 radical (unpaired) electrons. The van der Waals surface area contributed by atoms with Gasteiger partial charge in [0.25, 0.3) is 0 Å². The molecule has 0 amide bonds. The summed E-state index contributed by atoms with van der Waals surface area (Å²) < 4.78 is 5.38. The molecular weight excluding hydrogens is 200 g/mol. The van der Waals surface area contributed by atoms with Gasteiger partial charge in [-0.1, -0.05) is 38.5 Å². The number of ketones is 1. The number of hydrogen-bond acceptors (Lipinski definition) is 2. The van der Waals surface area contributed by atoms with Crippen LogP contribution in [-0.4, -0.2) is 5.78 Å². The fourth-order valence-electron chi connectivity index (χ4n) is 2.00. The molecule has 0 N–H and O–H groups in total. The first-order valence-electron chi connectivity index (χ1n) is 5.74. The monoisotopic (exact) mass is 216 g/mol. The van der Waals surface area contributed by atoms with E-state index >= 15 is 0 Å². The number of fused-ring (bicyclic) bond motifs is 1. The molecule has 2 nitrogen and oxygen atoms in total. The molecule has 2 rings (SSSR count). The predicted molar refractivity (Wildman–Crippen MR) is 64.6 cm³/mol. The molecule has 0 fully saturated rings. The highest BCUT2D eigenvalue weighted by Gasteiger charge is 2.18. The average molecular weight is 216 g/mol. The number of Topliss-reactive ketones (excluding diaryl/α,β-unsaturated/α-hetero) is 1. The number of carbonyl (C=O) groups excluding carboxylic acids is 1. The summed E-state index contributed by atoms with van der Waals surface area (Å²) in [5, 5.41) is 0.926. The lowest BCUT2D eigenvalue weighted by Gasteiger charge is -2.06. The lowest BCUT2D eigenvalue weighted by molar-refractivity contribution is 0.0924. The van der Waals surface area contributed by atoms with Crippen molar-refractivity contribution in [1.29, 1.82) is 0 Å². The van der Waals surface area contributed by atoms with Crippen molar-refractivity contribution in [3.05, 3.63) is 36.1 Å². The number of benzene rings is 1. The molecule has 16 heavy (non-hydrogen) atoms. The van der Waals surface area contributed by atoms with Gasteiger partial charge in [-0.2, -0.15) is 0 Å².